The number of rotatable bonds is 6. The predicted octanol–water partition coefficient (Wildman–Crippen LogP) is 10.3. The fourth-order valence-electron chi connectivity index (χ4n) is 4.58. The Labute approximate surface area is 222 Å². The summed E-state index contributed by atoms with van der Waals surface area (Å²) in [6.45, 7) is 6.42. The lowest BCUT2D eigenvalue weighted by Crippen LogP contribution is -2.13. The molecule has 0 aliphatic carbocycles. The van der Waals surface area contributed by atoms with Crippen molar-refractivity contribution in [2.45, 2.75) is 20.8 Å². The van der Waals surface area contributed by atoms with E-state index in [-0.39, 0.29) is 0 Å². The quantitative estimate of drug-likeness (QED) is 0.214. The number of halogens is 1. The molecule has 0 atom stereocenters. The Bertz CT molecular complexity index is 1310. The van der Waals surface area contributed by atoms with Gasteiger partial charge >= 0.3 is 0 Å². The summed E-state index contributed by atoms with van der Waals surface area (Å²) in [5.41, 5.74) is 10.4. The van der Waals surface area contributed by atoms with E-state index in [4.69, 9.17) is 0 Å². The number of hydrogen-bond donors (Lipinski definition) is 0. The summed E-state index contributed by atoms with van der Waals surface area (Å²) in [7, 11) is 0. The zero-order chi connectivity index (χ0) is 25.1. The monoisotopic (exact) mass is 532 g/mol. The van der Waals surface area contributed by atoms with Crippen LogP contribution in [0.3, 0.4) is 0 Å². The van der Waals surface area contributed by atoms with E-state index < -0.39 is 0 Å². The van der Waals surface area contributed by atoms with Crippen molar-refractivity contribution in [3.05, 3.63) is 142 Å². The molecule has 2 nitrogen and oxygen atoms in total. The van der Waals surface area contributed by atoms with Crippen LogP contribution in [-0.2, 0) is 0 Å². The molecule has 0 spiro atoms. The fourth-order valence-corrected chi connectivity index (χ4v) is 4.97. The lowest BCUT2D eigenvalue weighted by atomic mass is 10.1. The van der Waals surface area contributed by atoms with Crippen molar-refractivity contribution in [2.24, 2.45) is 0 Å². The molecule has 0 heterocycles. The van der Waals surface area contributed by atoms with Crippen molar-refractivity contribution >= 4 is 50.1 Å². The van der Waals surface area contributed by atoms with Crippen molar-refractivity contribution in [3.8, 4) is 0 Å². The van der Waals surface area contributed by atoms with Crippen LogP contribution in [0.2, 0.25) is 0 Å². The fraction of sp³-hybridized carbons (Fsp3) is 0.0909. The largest absolute Gasteiger partial charge is 0.310 e. The van der Waals surface area contributed by atoms with Crippen LogP contribution in [0.1, 0.15) is 16.7 Å². The summed E-state index contributed by atoms with van der Waals surface area (Å²) >= 11 is 3.67. The third kappa shape index (κ3) is 5.22. The Balaban J connectivity index is 1.69. The van der Waals surface area contributed by atoms with Crippen LogP contribution in [0.5, 0.6) is 0 Å². The summed E-state index contributed by atoms with van der Waals surface area (Å²) in [5.74, 6) is 0. The van der Waals surface area contributed by atoms with Gasteiger partial charge in [0.2, 0.25) is 0 Å². The van der Waals surface area contributed by atoms with E-state index in [1.807, 2.05) is 0 Å². The first-order chi connectivity index (χ1) is 17.5. The Morgan fingerprint density at radius 2 is 0.694 bits per heavy atom. The third-order valence-corrected chi connectivity index (χ3v) is 6.69. The van der Waals surface area contributed by atoms with Gasteiger partial charge in [-0.25, -0.2) is 0 Å². The van der Waals surface area contributed by atoms with E-state index in [0.29, 0.717) is 0 Å². The van der Waals surface area contributed by atoms with Gasteiger partial charge in [0.25, 0.3) is 0 Å². The highest BCUT2D eigenvalue weighted by Gasteiger charge is 2.17. The van der Waals surface area contributed by atoms with Gasteiger partial charge in [-0.1, -0.05) is 64.5 Å². The van der Waals surface area contributed by atoms with Gasteiger partial charge in [-0.3, -0.25) is 0 Å². The molecule has 0 fully saturated rings. The molecule has 0 saturated carbocycles. The summed E-state index contributed by atoms with van der Waals surface area (Å²) in [6.07, 6.45) is 0. The lowest BCUT2D eigenvalue weighted by molar-refractivity contribution is 1.23. The first-order valence-corrected chi connectivity index (χ1v) is 12.9. The van der Waals surface area contributed by atoms with E-state index in [2.05, 4.69) is 168 Å². The molecule has 0 N–H and O–H groups in total. The second-order valence-corrected chi connectivity index (χ2v) is 10.1. The van der Waals surface area contributed by atoms with Crippen molar-refractivity contribution in [1.29, 1.82) is 0 Å². The normalized spacial score (nSPS) is 10.8. The molecule has 0 amide bonds. The Kier molecular flexibility index (Phi) is 6.92. The van der Waals surface area contributed by atoms with Gasteiger partial charge in [0, 0.05) is 38.6 Å². The lowest BCUT2D eigenvalue weighted by Gasteiger charge is -2.30. The molecule has 0 unspecified atom stereocenters. The van der Waals surface area contributed by atoms with Crippen molar-refractivity contribution < 1.29 is 0 Å². The molecule has 5 aromatic rings. The van der Waals surface area contributed by atoms with E-state index in [0.717, 1.165) is 38.6 Å². The maximum absolute atomic E-state index is 3.67. The SMILES string of the molecule is Cc1cccc(N(c2cccc(C)c2)c2cccc(N(c3cccc(C)c3)c3cccc(Br)c3)c2)c1. The first-order valence-electron chi connectivity index (χ1n) is 12.1. The molecule has 0 saturated heterocycles. The molecule has 178 valence electrons. The maximum Gasteiger partial charge on any atom is 0.0482 e. The average Bonchev–Trinajstić information content (AvgIpc) is 2.85. The number of hydrogen-bond acceptors (Lipinski definition) is 2. The van der Waals surface area contributed by atoms with E-state index in [1.165, 1.54) is 16.7 Å². The smallest absolute Gasteiger partial charge is 0.0482 e. The zero-order valence-electron chi connectivity index (χ0n) is 20.8. The topological polar surface area (TPSA) is 6.48 Å². The van der Waals surface area contributed by atoms with Crippen LogP contribution >= 0.6 is 15.9 Å². The second kappa shape index (κ2) is 10.4. The molecule has 0 radical (unpaired) electrons. The standard InChI is InChI=1S/C33H29BrN2/c1-24-9-4-13-28(19-24)35(29-14-5-10-25(2)20-29)32-17-8-18-33(23-32)36(30-15-6-11-26(3)21-30)31-16-7-12-27(34)22-31/h4-23H,1-3H3. The van der Waals surface area contributed by atoms with Crippen molar-refractivity contribution in [1.82, 2.24) is 0 Å². The van der Waals surface area contributed by atoms with E-state index in [1.54, 1.807) is 0 Å². The second-order valence-electron chi connectivity index (χ2n) is 9.19. The van der Waals surface area contributed by atoms with Crippen LogP contribution in [0.4, 0.5) is 34.1 Å². The molecule has 0 bridgehead atoms. The highest BCUT2D eigenvalue weighted by Crippen LogP contribution is 2.41. The zero-order valence-corrected chi connectivity index (χ0v) is 22.4. The van der Waals surface area contributed by atoms with Crippen LogP contribution in [0.25, 0.3) is 0 Å². The van der Waals surface area contributed by atoms with Crippen molar-refractivity contribution in [3.63, 3.8) is 0 Å². The summed E-state index contributed by atoms with van der Waals surface area (Å²) < 4.78 is 1.05. The molecule has 0 aliphatic heterocycles. The highest BCUT2D eigenvalue weighted by atomic mass is 79.9. The van der Waals surface area contributed by atoms with Gasteiger partial charge in [0.1, 0.15) is 0 Å². The Morgan fingerprint density at radius 3 is 1.06 bits per heavy atom. The Hall–Kier alpha value is -3.82. The molecule has 0 aromatic heterocycles. The summed E-state index contributed by atoms with van der Waals surface area (Å²) in [4.78, 5) is 4.64. The number of aryl methyl sites for hydroxylation is 3. The molecule has 5 rings (SSSR count). The molecular formula is C33H29BrN2. The van der Waals surface area contributed by atoms with Gasteiger partial charge in [0.05, 0.1) is 0 Å². The van der Waals surface area contributed by atoms with Crippen LogP contribution in [0, 0.1) is 20.8 Å². The van der Waals surface area contributed by atoms with Gasteiger partial charge in [-0.2, -0.15) is 0 Å². The Morgan fingerprint density at radius 1 is 0.389 bits per heavy atom. The maximum atomic E-state index is 3.67. The third-order valence-electron chi connectivity index (χ3n) is 6.19. The average molecular weight is 534 g/mol. The number of benzene rings is 5. The van der Waals surface area contributed by atoms with Crippen molar-refractivity contribution in [2.75, 3.05) is 9.80 Å². The minimum atomic E-state index is 1.05. The van der Waals surface area contributed by atoms with Gasteiger partial charge in [-0.15, -0.1) is 0 Å². The highest BCUT2D eigenvalue weighted by molar-refractivity contribution is 9.10. The van der Waals surface area contributed by atoms with Gasteiger partial charge < -0.3 is 9.80 Å². The first kappa shape index (κ1) is 23.9. The number of anilines is 6. The minimum absolute atomic E-state index is 1.05. The number of nitrogens with zero attached hydrogens (tertiary/aromatic N) is 2. The van der Waals surface area contributed by atoms with E-state index >= 15 is 0 Å². The van der Waals surface area contributed by atoms with Gasteiger partial charge in [0.15, 0.2) is 0 Å². The van der Waals surface area contributed by atoms with Crippen LogP contribution in [0.15, 0.2) is 126 Å². The van der Waals surface area contributed by atoms with Crippen LogP contribution < -0.4 is 9.80 Å². The molecular weight excluding hydrogens is 504 g/mol. The van der Waals surface area contributed by atoms with Crippen LogP contribution in [-0.4, -0.2) is 0 Å². The van der Waals surface area contributed by atoms with Gasteiger partial charge in [-0.05, 0) is 110 Å². The predicted molar refractivity (Wildman–Crippen MR) is 158 cm³/mol. The molecule has 5 aromatic carbocycles. The molecule has 36 heavy (non-hydrogen) atoms. The minimum Gasteiger partial charge on any atom is -0.310 e. The molecule has 0 aliphatic rings. The van der Waals surface area contributed by atoms with E-state index in [9.17, 15) is 0 Å². The summed E-state index contributed by atoms with van der Waals surface area (Å²) in [5, 5.41) is 0. The summed E-state index contributed by atoms with van der Waals surface area (Å²) in [6, 6.07) is 43.2. The molecule has 3 heteroatoms.